The molecule has 1 aliphatic heterocycles. The molecule has 7 heteroatoms. The Bertz CT molecular complexity index is 372. The average Bonchev–Trinajstić information content (AvgIpc) is 2.37. The highest BCUT2D eigenvalue weighted by atomic mass is 16.5. The van der Waals surface area contributed by atoms with Crippen LogP contribution in [0.4, 0.5) is 0 Å². The lowest BCUT2D eigenvalue weighted by atomic mass is 10.1. The van der Waals surface area contributed by atoms with Crippen LogP contribution in [-0.4, -0.2) is 61.1 Å². The van der Waals surface area contributed by atoms with Gasteiger partial charge in [0.15, 0.2) is 0 Å². The second kappa shape index (κ2) is 6.75. The molecule has 1 heterocycles. The summed E-state index contributed by atoms with van der Waals surface area (Å²) in [7, 11) is 1.15. The summed E-state index contributed by atoms with van der Waals surface area (Å²) in [5, 5.41) is 11.7. The fraction of sp³-hybridized carbons (Fsp3) is 0.545. The highest BCUT2D eigenvalue weighted by Gasteiger charge is 2.21. The third-order valence-corrected chi connectivity index (χ3v) is 2.56. The summed E-state index contributed by atoms with van der Waals surface area (Å²) in [6.07, 6.45) is 0.463. The number of carbonyl (C=O) groups is 3. The Kier molecular flexibility index (Phi) is 5.31. The van der Waals surface area contributed by atoms with E-state index >= 15 is 0 Å². The molecule has 0 aromatic heterocycles. The van der Waals surface area contributed by atoms with Crippen LogP contribution < -0.4 is 5.32 Å². The standard InChI is InChI=1S/C11H16N2O5/c1-18-11(17)8(7-10(15)16)6-9(14)13-4-2-12-3-5-13/h7,12H,2-6H2,1H3,(H,15,16)/b8-7+. The number of methoxy groups -OCH3 is 1. The van der Waals surface area contributed by atoms with Crippen LogP contribution in [0, 0.1) is 0 Å². The Balaban J connectivity index is 2.68. The van der Waals surface area contributed by atoms with Crippen LogP contribution in [-0.2, 0) is 19.1 Å². The highest BCUT2D eigenvalue weighted by molar-refractivity contribution is 6.00. The van der Waals surface area contributed by atoms with E-state index in [9.17, 15) is 14.4 Å². The lowest BCUT2D eigenvalue weighted by molar-refractivity contribution is -0.139. The van der Waals surface area contributed by atoms with E-state index < -0.39 is 11.9 Å². The molecule has 0 radical (unpaired) electrons. The van der Waals surface area contributed by atoms with E-state index in [-0.39, 0.29) is 17.9 Å². The molecule has 0 unspecified atom stereocenters. The maximum absolute atomic E-state index is 11.9. The third kappa shape index (κ3) is 4.17. The predicted molar refractivity (Wildman–Crippen MR) is 61.8 cm³/mol. The zero-order chi connectivity index (χ0) is 13.5. The van der Waals surface area contributed by atoms with Crippen molar-refractivity contribution in [1.29, 1.82) is 0 Å². The summed E-state index contributed by atoms with van der Waals surface area (Å²) in [5.74, 6) is -2.33. The SMILES string of the molecule is COC(=O)/C(=C/C(=O)O)CC(=O)N1CCNCC1. The summed E-state index contributed by atoms with van der Waals surface area (Å²) < 4.78 is 4.45. The van der Waals surface area contributed by atoms with E-state index in [1.54, 1.807) is 4.90 Å². The van der Waals surface area contributed by atoms with Crippen molar-refractivity contribution >= 4 is 17.8 Å². The van der Waals surface area contributed by atoms with Crippen molar-refractivity contribution in [2.75, 3.05) is 33.3 Å². The number of rotatable bonds is 4. The van der Waals surface area contributed by atoms with Gasteiger partial charge in [0.1, 0.15) is 0 Å². The number of nitrogens with zero attached hydrogens (tertiary/aromatic N) is 1. The summed E-state index contributed by atoms with van der Waals surface area (Å²) in [4.78, 5) is 35.4. The summed E-state index contributed by atoms with van der Waals surface area (Å²) >= 11 is 0. The molecule has 0 atom stereocenters. The zero-order valence-electron chi connectivity index (χ0n) is 10.1. The molecule has 0 aliphatic carbocycles. The van der Waals surface area contributed by atoms with Gasteiger partial charge in [0.2, 0.25) is 5.91 Å². The van der Waals surface area contributed by atoms with Gasteiger partial charge in [0.05, 0.1) is 19.1 Å². The molecule has 0 spiro atoms. The lowest BCUT2D eigenvalue weighted by Gasteiger charge is -2.27. The first-order valence-electron chi connectivity index (χ1n) is 5.55. The molecule has 1 amide bonds. The third-order valence-electron chi connectivity index (χ3n) is 2.56. The van der Waals surface area contributed by atoms with Crippen molar-refractivity contribution in [1.82, 2.24) is 10.2 Å². The van der Waals surface area contributed by atoms with Crippen LogP contribution in [0.3, 0.4) is 0 Å². The smallest absolute Gasteiger partial charge is 0.334 e. The highest BCUT2D eigenvalue weighted by Crippen LogP contribution is 2.08. The van der Waals surface area contributed by atoms with Gasteiger partial charge in [-0.15, -0.1) is 0 Å². The minimum absolute atomic E-state index is 0.145. The van der Waals surface area contributed by atoms with Crippen LogP contribution >= 0.6 is 0 Å². The summed E-state index contributed by atoms with van der Waals surface area (Å²) in [6.45, 7) is 2.50. The van der Waals surface area contributed by atoms with Gasteiger partial charge >= 0.3 is 11.9 Å². The number of aliphatic carboxylic acids is 1. The van der Waals surface area contributed by atoms with Gasteiger partial charge in [-0.2, -0.15) is 0 Å². The monoisotopic (exact) mass is 256 g/mol. The average molecular weight is 256 g/mol. The van der Waals surface area contributed by atoms with Gasteiger partial charge in [-0.25, -0.2) is 9.59 Å². The maximum atomic E-state index is 11.9. The second-order valence-corrected chi connectivity index (χ2v) is 3.81. The molecule has 0 aromatic carbocycles. The summed E-state index contributed by atoms with van der Waals surface area (Å²) in [6, 6.07) is 0. The predicted octanol–water partition coefficient (Wildman–Crippen LogP) is -1.01. The van der Waals surface area contributed by atoms with Gasteiger partial charge in [-0.3, -0.25) is 4.79 Å². The van der Waals surface area contributed by atoms with Gasteiger partial charge < -0.3 is 20.1 Å². The van der Waals surface area contributed by atoms with E-state index in [4.69, 9.17) is 5.11 Å². The number of piperazine rings is 1. The second-order valence-electron chi connectivity index (χ2n) is 3.81. The first kappa shape index (κ1) is 14.2. The minimum atomic E-state index is -1.27. The van der Waals surface area contributed by atoms with Crippen molar-refractivity contribution in [2.45, 2.75) is 6.42 Å². The molecule has 0 saturated carbocycles. The number of carboxylic acids is 1. The number of nitrogens with one attached hydrogen (secondary N) is 1. The number of hydrogen-bond acceptors (Lipinski definition) is 5. The molecule has 1 aliphatic rings. The quantitative estimate of drug-likeness (QED) is 0.494. The minimum Gasteiger partial charge on any atom is -0.478 e. The van der Waals surface area contributed by atoms with Crippen LogP contribution in [0.25, 0.3) is 0 Å². The van der Waals surface area contributed by atoms with Gasteiger partial charge in [-0.05, 0) is 0 Å². The number of hydrogen-bond donors (Lipinski definition) is 2. The Morgan fingerprint density at radius 3 is 2.44 bits per heavy atom. The normalized spacial score (nSPS) is 16.3. The Labute approximate surface area is 104 Å². The maximum Gasteiger partial charge on any atom is 0.334 e. The first-order chi connectivity index (χ1) is 8.54. The zero-order valence-corrected chi connectivity index (χ0v) is 10.1. The lowest BCUT2D eigenvalue weighted by Crippen LogP contribution is -2.46. The van der Waals surface area contributed by atoms with E-state index in [0.717, 1.165) is 7.11 Å². The van der Waals surface area contributed by atoms with Crippen LogP contribution in [0.5, 0.6) is 0 Å². The fourth-order valence-corrected chi connectivity index (χ4v) is 1.65. The molecule has 18 heavy (non-hydrogen) atoms. The number of amides is 1. The molecule has 1 fully saturated rings. The van der Waals surface area contributed by atoms with Gasteiger partial charge in [0.25, 0.3) is 0 Å². The van der Waals surface area contributed by atoms with Crippen LogP contribution in [0.15, 0.2) is 11.6 Å². The Hall–Kier alpha value is -1.89. The molecule has 7 nitrogen and oxygen atoms in total. The van der Waals surface area contributed by atoms with E-state index in [1.807, 2.05) is 0 Å². The van der Waals surface area contributed by atoms with Crippen molar-refractivity contribution in [3.63, 3.8) is 0 Å². The molecular weight excluding hydrogens is 240 g/mol. The number of carboxylic acid groups (broad SMARTS) is 1. The van der Waals surface area contributed by atoms with Gasteiger partial charge in [-0.1, -0.05) is 0 Å². The van der Waals surface area contributed by atoms with Gasteiger partial charge in [0, 0.05) is 32.3 Å². The molecule has 0 aromatic rings. The van der Waals surface area contributed by atoms with Crippen molar-refractivity contribution in [2.24, 2.45) is 0 Å². The van der Waals surface area contributed by atoms with E-state index in [2.05, 4.69) is 10.1 Å². The molecule has 1 rings (SSSR count). The number of ether oxygens (including phenoxy) is 1. The van der Waals surface area contributed by atoms with Crippen LogP contribution in [0.2, 0.25) is 0 Å². The molecule has 0 bridgehead atoms. The molecule has 2 N–H and O–H groups in total. The van der Waals surface area contributed by atoms with Crippen molar-refractivity contribution in [3.8, 4) is 0 Å². The Morgan fingerprint density at radius 1 is 1.33 bits per heavy atom. The number of esters is 1. The van der Waals surface area contributed by atoms with Crippen LogP contribution in [0.1, 0.15) is 6.42 Å². The molecule has 1 saturated heterocycles. The fourth-order valence-electron chi connectivity index (χ4n) is 1.65. The topological polar surface area (TPSA) is 95.9 Å². The first-order valence-corrected chi connectivity index (χ1v) is 5.55. The Morgan fingerprint density at radius 2 is 1.94 bits per heavy atom. The molecule has 100 valence electrons. The van der Waals surface area contributed by atoms with Crippen molar-refractivity contribution < 1.29 is 24.2 Å². The van der Waals surface area contributed by atoms with Crippen molar-refractivity contribution in [3.05, 3.63) is 11.6 Å². The van der Waals surface area contributed by atoms with E-state index in [0.29, 0.717) is 32.3 Å². The summed E-state index contributed by atoms with van der Waals surface area (Å²) in [5.41, 5.74) is -0.145. The largest absolute Gasteiger partial charge is 0.478 e. The molecular formula is C11H16N2O5. The van der Waals surface area contributed by atoms with E-state index in [1.165, 1.54) is 0 Å². The number of carbonyl (C=O) groups excluding carboxylic acids is 2.